The van der Waals surface area contributed by atoms with Gasteiger partial charge in [0.25, 0.3) is 0 Å². The van der Waals surface area contributed by atoms with Gasteiger partial charge in [-0.15, -0.1) is 5.10 Å². The number of hydrogen-bond acceptors (Lipinski definition) is 6. The van der Waals surface area contributed by atoms with E-state index in [2.05, 4.69) is 27.5 Å². The highest BCUT2D eigenvalue weighted by molar-refractivity contribution is 7.99. The Bertz CT molecular complexity index is 506. The maximum absolute atomic E-state index is 6.19. The van der Waals surface area contributed by atoms with E-state index in [1.807, 2.05) is 26.5 Å². The van der Waals surface area contributed by atoms with Gasteiger partial charge in [0.1, 0.15) is 0 Å². The quantitative estimate of drug-likeness (QED) is 0.794. The SMILES string of the molecule is CCC(N)C(Sc1nnnn1C)c1cnn(C)c1. The van der Waals surface area contributed by atoms with Crippen LogP contribution >= 0.6 is 11.8 Å². The Kier molecular flexibility index (Phi) is 3.97. The molecule has 18 heavy (non-hydrogen) atoms. The highest BCUT2D eigenvalue weighted by Crippen LogP contribution is 2.36. The van der Waals surface area contributed by atoms with E-state index >= 15 is 0 Å². The standard InChI is InChI=1S/C10H17N7S/c1-4-8(11)9(7-5-12-16(2)6-7)18-10-13-14-15-17(10)3/h5-6,8-9H,4,11H2,1-3H3. The Balaban J connectivity index is 2.23. The Morgan fingerprint density at radius 3 is 2.72 bits per heavy atom. The third kappa shape index (κ3) is 2.70. The fourth-order valence-corrected chi connectivity index (χ4v) is 2.76. The molecule has 2 rings (SSSR count). The van der Waals surface area contributed by atoms with Crippen LogP contribution in [0.15, 0.2) is 17.6 Å². The number of thioether (sulfide) groups is 1. The molecule has 0 amide bonds. The molecule has 0 fully saturated rings. The Morgan fingerprint density at radius 1 is 1.44 bits per heavy atom. The summed E-state index contributed by atoms with van der Waals surface area (Å²) in [4.78, 5) is 0. The van der Waals surface area contributed by atoms with E-state index in [0.717, 1.165) is 17.1 Å². The maximum Gasteiger partial charge on any atom is 0.209 e. The van der Waals surface area contributed by atoms with Gasteiger partial charge in [-0.1, -0.05) is 18.7 Å². The molecule has 0 saturated carbocycles. The first-order valence-corrected chi connectivity index (χ1v) is 6.63. The lowest BCUT2D eigenvalue weighted by Crippen LogP contribution is -2.25. The van der Waals surface area contributed by atoms with E-state index in [-0.39, 0.29) is 11.3 Å². The molecular formula is C10H17N7S. The van der Waals surface area contributed by atoms with E-state index in [0.29, 0.717) is 0 Å². The molecule has 2 aromatic heterocycles. The van der Waals surface area contributed by atoms with Crippen LogP contribution in [0.3, 0.4) is 0 Å². The van der Waals surface area contributed by atoms with E-state index in [4.69, 9.17) is 5.73 Å². The van der Waals surface area contributed by atoms with E-state index in [1.165, 1.54) is 0 Å². The number of aromatic nitrogens is 6. The summed E-state index contributed by atoms with van der Waals surface area (Å²) in [5, 5.41) is 16.5. The van der Waals surface area contributed by atoms with Crippen molar-refractivity contribution in [1.29, 1.82) is 0 Å². The number of hydrogen-bond donors (Lipinski definition) is 1. The van der Waals surface area contributed by atoms with Crippen molar-refractivity contribution >= 4 is 11.8 Å². The first-order chi connectivity index (χ1) is 8.61. The van der Waals surface area contributed by atoms with E-state index in [1.54, 1.807) is 21.1 Å². The Morgan fingerprint density at radius 2 is 2.22 bits per heavy atom. The first-order valence-electron chi connectivity index (χ1n) is 5.75. The van der Waals surface area contributed by atoms with Gasteiger partial charge in [0.2, 0.25) is 5.16 Å². The van der Waals surface area contributed by atoms with Crippen LogP contribution < -0.4 is 5.73 Å². The van der Waals surface area contributed by atoms with Crippen LogP contribution in [0.5, 0.6) is 0 Å². The molecule has 7 nitrogen and oxygen atoms in total. The zero-order valence-corrected chi connectivity index (χ0v) is 11.5. The molecule has 2 aromatic rings. The summed E-state index contributed by atoms with van der Waals surface area (Å²) in [5.41, 5.74) is 7.29. The number of nitrogens with two attached hydrogens (primary N) is 1. The molecule has 2 N–H and O–H groups in total. The summed E-state index contributed by atoms with van der Waals surface area (Å²) in [5.74, 6) is 0. The zero-order chi connectivity index (χ0) is 13.1. The maximum atomic E-state index is 6.19. The number of tetrazole rings is 1. The lowest BCUT2D eigenvalue weighted by Gasteiger charge is -2.20. The molecular weight excluding hydrogens is 250 g/mol. The second-order valence-electron chi connectivity index (χ2n) is 4.14. The fourth-order valence-electron chi connectivity index (χ4n) is 1.64. The second-order valence-corrected chi connectivity index (χ2v) is 5.25. The van der Waals surface area contributed by atoms with Crippen molar-refractivity contribution in [3.8, 4) is 0 Å². The molecule has 0 aliphatic carbocycles. The van der Waals surface area contributed by atoms with E-state index < -0.39 is 0 Å². The number of aryl methyl sites for hydroxylation is 2. The summed E-state index contributed by atoms with van der Waals surface area (Å²) >= 11 is 1.57. The van der Waals surface area contributed by atoms with Crippen LogP contribution in [0.25, 0.3) is 0 Å². The largest absolute Gasteiger partial charge is 0.326 e. The third-order valence-corrected chi connectivity index (χ3v) is 4.16. The number of nitrogens with zero attached hydrogens (tertiary/aromatic N) is 6. The summed E-state index contributed by atoms with van der Waals surface area (Å²) in [6, 6.07) is 0.0379. The van der Waals surface area contributed by atoms with Crippen molar-refractivity contribution in [2.45, 2.75) is 29.8 Å². The van der Waals surface area contributed by atoms with Crippen molar-refractivity contribution in [2.75, 3.05) is 0 Å². The van der Waals surface area contributed by atoms with Gasteiger partial charge in [-0.2, -0.15) is 5.10 Å². The van der Waals surface area contributed by atoms with Crippen LogP contribution in [-0.4, -0.2) is 36.0 Å². The Labute approximate surface area is 110 Å². The Hall–Kier alpha value is -1.41. The van der Waals surface area contributed by atoms with Crippen molar-refractivity contribution in [2.24, 2.45) is 19.8 Å². The monoisotopic (exact) mass is 267 g/mol. The molecule has 0 spiro atoms. The lowest BCUT2D eigenvalue weighted by molar-refractivity contribution is 0.624. The minimum atomic E-state index is 0.0379. The van der Waals surface area contributed by atoms with Gasteiger partial charge < -0.3 is 5.73 Å². The lowest BCUT2D eigenvalue weighted by atomic mass is 10.1. The molecule has 98 valence electrons. The third-order valence-electron chi connectivity index (χ3n) is 2.73. The van der Waals surface area contributed by atoms with Crippen LogP contribution in [-0.2, 0) is 14.1 Å². The van der Waals surface area contributed by atoms with Crippen molar-refractivity contribution in [3.05, 3.63) is 18.0 Å². The minimum absolute atomic E-state index is 0.0379. The summed E-state index contributed by atoms with van der Waals surface area (Å²) in [7, 11) is 3.71. The van der Waals surface area contributed by atoms with Crippen LogP contribution in [0.2, 0.25) is 0 Å². The predicted octanol–water partition coefficient (Wildman–Crippen LogP) is 0.514. The summed E-state index contributed by atoms with van der Waals surface area (Å²) in [6.07, 6.45) is 4.71. The molecule has 0 bridgehead atoms. The highest BCUT2D eigenvalue weighted by atomic mass is 32.2. The average molecular weight is 267 g/mol. The van der Waals surface area contributed by atoms with E-state index in [9.17, 15) is 0 Å². The number of rotatable bonds is 5. The predicted molar refractivity (Wildman–Crippen MR) is 68.9 cm³/mol. The van der Waals surface area contributed by atoms with Crippen LogP contribution in [0.4, 0.5) is 0 Å². The van der Waals surface area contributed by atoms with Gasteiger partial charge >= 0.3 is 0 Å². The van der Waals surface area contributed by atoms with Gasteiger partial charge in [0, 0.05) is 31.9 Å². The molecule has 8 heteroatoms. The smallest absolute Gasteiger partial charge is 0.209 e. The normalized spacial score (nSPS) is 14.7. The van der Waals surface area contributed by atoms with Crippen molar-refractivity contribution < 1.29 is 0 Å². The average Bonchev–Trinajstić information content (AvgIpc) is 2.94. The first kappa shape index (κ1) is 13.0. The van der Waals surface area contributed by atoms with Gasteiger partial charge in [0.15, 0.2) is 0 Å². The molecule has 2 unspecified atom stereocenters. The van der Waals surface area contributed by atoms with Gasteiger partial charge in [-0.05, 0) is 16.8 Å². The van der Waals surface area contributed by atoms with Crippen LogP contribution in [0, 0.1) is 0 Å². The fraction of sp³-hybridized carbons (Fsp3) is 0.600. The van der Waals surface area contributed by atoms with Crippen LogP contribution in [0.1, 0.15) is 24.2 Å². The van der Waals surface area contributed by atoms with Gasteiger partial charge in [-0.25, -0.2) is 4.68 Å². The summed E-state index contributed by atoms with van der Waals surface area (Å²) in [6.45, 7) is 2.07. The highest BCUT2D eigenvalue weighted by Gasteiger charge is 2.23. The molecule has 0 aromatic carbocycles. The summed E-state index contributed by atoms with van der Waals surface area (Å²) < 4.78 is 3.43. The minimum Gasteiger partial charge on any atom is -0.326 e. The topological polar surface area (TPSA) is 87.4 Å². The molecule has 0 saturated heterocycles. The van der Waals surface area contributed by atoms with Crippen molar-refractivity contribution in [1.82, 2.24) is 30.0 Å². The molecule has 2 heterocycles. The second kappa shape index (κ2) is 5.49. The molecule has 0 aliphatic heterocycles. The molecule has 0 radical (unpaired) electrons. The van der Waals surface area contributed by atoms with Gasteiger partial charge in [0.05, 0.1) is 11.4 Å². The zero-order valence-electron chi connectivity index (χ0n) is 10.7. The molecule has 0 aliphatic rings. The molecule has 2 atom stereocenters. The van der Waals surface area contributed by atoms with Gasteiger partial charge in [-0.3, -0.25) is 4.68 Å². The van der Waals surface area contributed by atoms with Crippen molar-refractivity contribution in [3.63, 3.8) is 0 Å².